The molecule has 1 aromatic carbocycles. The van der Waals surface area contributed by atoms with Gasteiger partial charge in [-0.3, -0.25) is 5.10 Å². The van der Waals surface area contributed by atoms with E-state index in [4.69, 9.17) is 5.11 Å². The Hall–Kier alpha value is -2.63. The van der Waals surface area contributed by atoms with Gasteiger partial charge in [-0.1, -0.05) is 6.07 Å². The maximum atomic E-state index is 10.8. The van der Waals surface area contributed by atoms with E-state index in [1.807, 2.05) is 36.7 Å². The van der Waals surface area contributed by atoms with Gasteiger partial charge < -0.3 is 9.67 Å². The zero-order valence-electron chi connectivity index (χ0n) is 10.5. The van der Waals surface area contributed by atoms with Crippen LogP contribution in [-0.4, -0.2) is 30.8 Å². The number of aryl methyl sites for hydroxylation is 2. The van der Waals surface area contributed by atoms with Gasteiger partial charge >= 0.3 is 5.97 Å². The minimum Gasteiger partial charge on any atom is -0.477 e. The summed E-state index contributed by atoms with van der Waals surface area (Å²) in [7, 11) is 1.96. The lowest BCUT2D eigenvalue weighted by Gasteiger charge is -1.98. The predicted octanol–water partition coefficient (Wildman–Crippen LogP) is 1.97. The summed E-state index contributed by atoms with van der Waals surface area (Å²) >= 11 is 0. The van der Waals surface area contributed by atoms with Crippen LogP contribution in [0.5, 0.6) is 0 Å². The van der Waals surface area contributed by atoms with Gasteiger partial charge in [0, 0.05) is 12.6 Å². The van der Waals surface area contributed by atoms with E-state index >= 15 is 0 Å². The highest BCUT2D eigenvalue weighted by Crippen LogP contribution is 2.23. The van der Waals surface area contributed by atoms with Crippen LogP contribution in [-0.2, 0) is 7.05 Å². The van der Waals surface area contributed by atoms with Gasteiger partial charge in [0.05, 0.1) is 16.7 Å². The average Bonchev–Trinajstić information content (AvgIpc) is 2.96. The summed E-state index contributed by atoms with van der Waals surface area (Å²) in [4.78, 5) is 15.3. The van der Waals surface area contributed by atoms with Crippen molar-refractivity contribution in [2.45, 2.75) is 6.92 Å². The number of H-pyrrole nitrogens is 1. The van der Waals surface area contributed by atoms with Gasteiger partial charge in [0.2, 0.25) is 0 Å². The lowest BCUT2D eigenvalue weighted by molar-refractivity contribution is 0.0690. The number of fused-ring (bicyclic) bond motifs is 1. The van der Waals surface area contributed by atoms with Gasteiger partial charge in [0.25, 0.3) is 0 Å². The predicted molar refractivity (Wildman–Crippen MR) is 70.0 cm³/mol. The molecule has 0 aliphatic heterocycles. The molecule has 19 heavy (non-hydrogen) atoms. The van der Waals surface area contributed by atoms with Crippen molar-refractivity contribution in [3.05, 3.63) is 35.8 Å². The van der Waals surface area contributed by atoms with Gasteiger partial charge in [0.15, 0.2) is 0 Å². The molecule has 2 N–H and O–H groups in total. The van der Waals surface area contributed by atoms with Gasteiger partial charge in [0.1, 0.15) is 11.5 Å². The first-order valence-electron chi connectivity index (χ1n) is 5.78. The molecule has 3 aromatic rings. The molecule has 6 heteroatoms. The second kappa shape index (κ2) is 3.94. The SMILES string of the molecule is Cc1nc2cc(-c3cc(C(=O)O)[nH]n3)ccc2n1C. The fraction of sp³-hybridized carbons (Fsp3) is 0.154. The number of aromatic nitrogens is 4. The Labute approximate surface area is 108 Å². The molecule has 0 fully saturated rings. The Morgan fingerprint density at radius 1 is 1.37 bits per heavy atom. The summed E-state index contributed by atoms with van der Waals surface area (Å²) < 4.78 is 2.01. The van der Waals surface area contributed by atoms with Crippen LogP contribution < -0.4 is 0 Å². The van der Waals surface area contributed by atoms with Gasteiger partial charge in [-0.25, -0.2) is 9.78 Å². The molecule has 0 aliphatic rings. The normalized spacial score (nSPS) is 11.1. The molecule has 2 aromatic heterocycles. The third-order valence-electron chi connectivity index (χ3n) is 3.21. The van der Waals surface area contributed by atoms with Crippen LogP contribution in [0.2, 0.25) is 0 Å². The molecule has 3 rings (SSSR count). The van der Waals surface area contributed by atoms with E-state index in [0.29, 0.717) is 5.69 Å². The second-order valence-corrected chi connectivity index (χ2v) is 4.39. The number of nitrogens with one attached hydrogen (secondary N) is 1. The summed E-state index contributed by atoms with van der Waals surface area (Å²) in [5.41, 5.74) is 3.43. The van der Waals surface area contributed by atoms with Crippen molar-refractivity contribution in [3.8, 4) is 11.3 Å². The van der Waals surface area contributed by atoms with Crippen LogP contribution in [0.3, 0.4) is 0 Å². The first-order chi connectivity index (χ1) is 9.06. The maximum absolute atomic E-state index is 10.8. The van der Waals surface area contributed by atoms with E-state index in [-0.39, 0.29) is 5.69 Å². The third-order valence-corrected chi connectivity index (χ3v) is 3.21. The number of benzene rings is 1. The van der Waals surface area contributed by atoms with E-state index in [0.717, 1.165) is 22.4 Å². The van der Waals surface area contributed by atoms with E-state index in [2.05, 4.69) is 15.2 Å². The highest BCUT2D eigenvalue weighted by atomic mass is 16.4. The molecule has 0 spiro atoms. The number of rotatable bonds is 2. The van der Waals surface area contributed by atoms with Crippen LogP contribution in [0.4, 0.5) is 0 Å². The smallest absolute Gasteiger partial charge is 0.353 e. The molecule has 2 heterocycles. The summed E-state index contributed by atoms with van der Waals surface area (Å²) in [6, 6.07) is 7.29. The molecule has 0 amide bonds. The fourth-order valence-corrected chi connectivity index (χ4v) is 2.06. The van der Waals surface area contributed by atoms with Crippen LogP contribution in [0.25, 0.3) is 22.3 Å². The Bertz CT molecular complexity index is 785. The fourth-order valence-electron chi connectivity index (χ4n) is 2.06. The number of hydrogen-bond donors (Lipinski definition) is 2. The minimum atomic E-state index is -1.02. The van der Waals surface area contributed by atoms with Crippen LogP contribution >= 0.6 is 0 Å². The summed E-state index contributed by atoms with van der Waals surface area (Å²) in [5.74, 6) is -0.0890. The second-order valence-electron chi connectivity index (χ2n) is 4.39. The van der Waals surface area contributed by atoms with Crippen molar-refractivity contribution >= 4 is 17.0 Å². The topological polar surface area (TPSA) is 83.8 Å². The number of aromatic amines is 1. The average molecular weight is 256 g/mol. The summed E-state index contributed by atoms with van der Waals surface area (Å²) in [5, 5.41) is 15.4. The van der Waals surface area contributed by atoms with Gasteiger partial charge in [-0.05, 0) is 25.1 Å². The molecular weight excluding hydrogens is 244 g/mol. The molecule has 0 saturated carbocycles. The van der Waals surface area contributed by atoms with Crippen LogP contribution in [0.1, 0.15) is 16.3 Å². The zero-order chi connectivity index (χ0) is 13.6. The molecule has 6 nitrogen and oxygen atoms in total. The quantitative estimate of drug-likeness (QED) is 0.734. The van der Waals surface area contributed by atoms with Crippen LogP contribution in [0.15, 0.2) is 24.3 Å². The van der Waals surface area contributed by atoms with Crippen molar-refractivity contribution in [1.29, 1.82) is 0 Å². The molecule has 0 aliphatic carbocycles. The standard InChI is InChI=1S/C13H12N4O2/c1-7-14-10-5-8(3-4-12(10)17(7)2)9-6-11(13(18)19)16-15-9/h3-6H,1-2H3,(H,15,16)(H,18,19). The van der Waals surface area contributed by atoms with E-state index in [1.165, 1.54) is 6.07 Å². The van der Waals surface area contributed by atoms with Gasteiger partial charge in [-0.2, -0.15) is 5.10 Å². The Kier molecular flexibility index (Phi) is 2.38. The van der Waals surface area contributed by atoms with Crippen molar-refractivity contribution in [2.24, 2.45) is 7.05 Å². The number of nitrogens with zero attached hydrogens (tertiary/aromatic N) is 3. The highest BCUT2D eigenvalue weighted by molar-refractivity contribution is 5.88. The lowest BCUT2D eigenvalue weighted by Crippen LogP contribution is -1.95. The monoisotopic (exact) mass is 256 g/mol. The molecule has 0 saturated heterocycles. The number of imidazole rings is 1. The Morgan fingerprint density at radius 2 is 2.16 bits per heavy atom. The molecule has 0 radical (unpaired) electrons. The molecular formula is C13H12N4O2. The van der Waals surface area contributed by atoms with Gasteiger partial charge in [-0.15, -0.1) is 0 Å². The first-order valence-corrected chi connectivity index (χ1v) is 5.78. The highest BCUT2D eigenvalue weighted by Gasteiger charge is 2.11. The Morgan fingerprint density at radius 3 is 2.84 bits per heavy atom. The molecule has 0 bridgehead atoms. The number of hydrogen-bond acceptors (Lipinski definition) is 3. The number of carboxylic acids is 1. The van der Waals surface area contributed by atoms with E-state index < -0.39 is 5.97 Å². The van der Waals surface area contributed by atoms with Crippen molar-refractivity contribution in [1.82, 2.24) is 19.7 Å². The number of carboxylic acid groups (broad SMARTS) is 1. The maximum Gasteiger partial charge on any atom is 0.353 e. The molecule has 0 atom stereocenters. The van der Waals surface area contributed by atoms with E-state index in [1.54, 1.807) is 0 Å². The number of carbonyl (C=O) groups is 1. The zero-order valence-corrected chi connectivity index (χ0v) is 10.5. The van der Waals surface area contributed by atoms with Crippen LogP contribution in [0, 0.1) is 6.92 Å². The number of aromatic carboxylic acids is 1. The first kappa shape index (κ1) is 11.5. The van der Waals surface area contributed by atoms with Crippen molar-refractivity contribution in [3.63, 3.8) is 0 Å². The molecule has 96 valence electrons. The van der Waals surface area contributed by atoms with Crippen molar-refractivity contribution < 1.29 is 9.90 Å². The summed E-state index contributed by atoms with van der Waals surface area (Å²) in [6.07, 6.45) is 0. The summed E-state index contributed by atoms with van der Waals surface area (Å²) in [6.45, 7) is 1.94. The third kappa shape index (κ3) is 1.77. The lowest BCUT2D eigenvalue weighted by atomic mass is 10.1. The van der Waals surface area contributed by atoms with E-state index in [9.17, 15) is 4.79 Å². The largest absolute Gasteiger partial charge is 0.477 e. The molecule has 0 unspecified atom stereocenters. The van der Waals surface area contributed by atoms with Crippen molar-refractivity contribution in [2.75, 3.05) is 0 Å². The Balaban J connectivity index is 2.12. The minimum absolute atomic E-state index is 0.0762.